The molecule has 0 bridgehead atoms. The highest BCUT2D eigenvalue weighted by Crippen LogP contribution is 2.19. The summed E-state index contributed by atoms with van der Waals surface area (Å²) in [6.45, 7) is -0.669. The molecule has 9 heteroatoms. The molecule has 0 aliphatic heterocycles. The van der Waals surface area contributed by atoms with E-state index in [1.807, 2.05) is 0 Å². The van der Waals surface area contributed by atoms with Gasteiger partial charge >= 0.3 is 5.97 Å². The van der Waals surface area contributed by atoms with Crippen molar-refractivity contribution in [3.05, 3.63) is 93.3 Å². The number of sulfonamides is 1. The maximum Gasteiger partial charge on any atom is 0.338 e. The maximum atomic E-state index is 13.6. The second-order valence-electron chi connectivity index (χ2n) is 6.12. The van der Waals surface area contributed by atoms with E-state index in [4.69, 9.17) is 4.74 Å². The molecule has 3 aromatic carbocycles. The highest BCUT2D eigenvalue weighted by molar-refractivity contribution is 14.1. The van der Waals surface area contributed by atoms with Crippen LogP contribution < -0.4 is 4.72 Å². The van der Waals surface area contributed by atoms with Gasteiger partial charge < -0.3 is 4.74 Å². The van der Waals surface area contributed by atoms with Crippen LogP contribution in [0.2, 0.25) is 0 Å². The lowest BCUT2D eigenvalue weighted by Crippen LogP contribution is -2.17. The van der Waals surface area contributed by atoms with Crippen molar-refractivity contribution in [2.24, 2.45) is 0 Å². The zero-order valence-corrected chi connectivity index (χ0v) is 18.3. The van der Waals surface area contributed by atoms with Gasteiger partial charge in [0, 0.05) is 9.26 Å². The topological polar surface area (TPSA) is 89.5 Å². The highest BCUT2D eigenvalue weighted by atomic mass is 127. The summed E-state index contributed by atoms with van der Waals surface area (Å²) >= 11 is 2.10. The van der Waals surface area contributed by atoms with E-state index in [2.05, 4.69) is 27.3 Å². The number of esters is 1. The van der Waals surface area contributed by atoms with Gasteiger partial charge in [0.2, 0.25) is 5.78 Å². The Morgan fingerprint density at radius 3 is 2.37 bits per heavy atom. The molecule has 6 nitrogen and oxygen atoms in total. The molecule has 3 aromatic rings. The number of anilines is 1. The minimum Gasteiger partial charge on any atom is -0.454 e. The molecule has 1 N–H and O–H groups in total. The van der Waals surface area contributed by atoms with Crippen LogP contribution >= 0.6 is 22.6 Å². The van der Waals surface area contributed by atoms with Crippen LogP contribution in [0.5, 0.6) is 0 Å². The average Bonchev–Trinajstić information content (AvgIpc) is 2.73. The Bertz CT molecular complexity index is 1200. The van der Waals surface area contributed by atoms with Crippen molar-refractivity contribution in [3.63, 3.8) is 0 Å². The molecule has 0 atom stereocenters. The smallest absolute Gasteiger partial charge is 0.338 e. The van der Waals surface area contributed by atoms with E-state index in [0.29, 0.717) is 5.69 Å². The number of hydrogen-bond acceptors (Lipinski definition) is 5. The minimum absolute atomic E-state index is 0.0539. The standard InChI is InChI=1S/C21H15FINO5S/c22-19-7-2-1-6-18(19)20(25)13-29-21(26)14-4-3-5-17(12-14)30(27,28)24-16-10-8-15(23)9-11-16/h1-12,24H,13H2. The molecule has 0 aromatic heterocycles. The average molecular weight is 539 g/mol. The van der Waals surface area contributed by atoms with E-state index >= 15 is 0 Å². The number of carbonyl (C=O) groups is 2. The van der Waals surface area contributed by atoms with Crippen LogP contribution in [0, 0.1) is 9.39 Å². The predicted molar refractivity (Wildman–Crippen MR) is 117 cm³/mol. The molecule has 0 heterocycles. The van der Waals surface area contributed by atoms with Gasteiger partial charge in [-0.05, 0) is 77.2 Å². The summed E-state index contributed by atoms with van der Waals surface area (Å²) in [5, 5.41) is 0. The number of halogens is 2. The Kier molecular flexibility index (Phi) is 6.83. The number of nitrogens with one attached hydrogen (secondary N) is 1. The summed E-state index contributed by atoms with van der Waals surface area (Å²) in [5.41, 5.74) is 0.129. The fourth-order valence-corrected chi connectivity index (χ4v) is 3.97. The van der Waals surface area contributed by atoms with Crippen LogP contribution in [0.1, 0.15) is 20.7 Å². The molecular formula is C21H15FINO5S. The Labute approximate surface area is 186 Å². The van der Waals surface area contributed by atoms with Gasteiger partial charge in [0.15, 0.2) is 6.61 Å². The molecule has 0 saturated carbocycles. The van der Waals surface area contributed by atoms with Gasteiger partial charge in [-0.1, -0.05) is 18.2 Å². The Morgan fingerprint density at radius 1 is 0.967 bits per heavy atom. The third kappa shape index (κ3) is 5.42. The predicted octanol–water partition coefficient (Wildman–Crippen LogP) is 4.27. The second kappa shape index (κ2) is 9.35. The molecule has 0 aliphatic carbocycles. The van der Waals surface area contributed by atoms with Crippen molar-refractivity contribution >= 4 is 50.1 Å². The van der Waals surface area contributed by atoms with Crippen LogP contribution in [0.15, 0.2) is 77.7 Å². The highest BCUT2D eigenvalue weighted by Gasteiger charge is 2.19. The summed E-state index contributed by atoms with van der Waals surface area (Å²) in [6, 6.07) is 17.3. The number of carbonyl (C=O) groups excluding carboxylic acids is 2. The maximum absolute atomic E-state index is 13.6. The summed E-state index contributed by atoms with van der Waals surface area (Å²) in [6.07, 6.45) is 0. The molecule has 0 radical (unpaired) electrons. The fraction of sp³-hybridized carbons (Fsp3) is 0.0476. The number of rotatable bonds is 7. The summed E-state index contributed by atoms with van der Waals surface area (Å²) in [4.78, 5) is 24.1. The van der Waals surface area contributed by atoms with Crippen molar-refractivity contribution in [2.75, 3.05) is 11.3 Å². The zero-order chi connectivity index (χ0) is 21.7. The molecule has 0 aliphatic rings. The van der Waals surface area contributed by atoms with Gasteiger partial charge in [-0.3, -0.25) is 9.52 Å². The monoisotopic (exact) mass is 539 g/mol. The van der Waals surface area contributed by atoms with E-state index in [0.717, 1.165) is 15.7 Å². The van der Waals surface area contributed by atoms with Crippen molar-refractivity contribution in [2.45, 2.75) is 4.90 Å². The lowest BCUT2D eigenvalue weighted by atomic mass is 10.1. The van der Waals surface area contributed by atoms with Crippen molar-refractivity contribution in [1.29, 1.82) is 0 Å². The largest absolute Gasteiger partial charge is 0.454 e. The first-order valence-corrected chi connectivity index (χ1v) is 11.2. The van der Waals surface area contributed by atoms with Gasteiger partial charge in [0.1, 0.15) is 5.82 Å². The zero-order valence-electron chi connectivity index (χ0n) is 15.3. The quantitative estimate of drug-likeness (QED) is 0.275. The molecule has 154 valence electrons. The van der Waals surface area contributed by atoms with Gasteiger partial charge in [0.25, 0.3) is 10.0 Å². The third-order valence-corrected chi connectivity index (χ3v) is 6.08. The van der Waals surface area contributed by atoms with Crippen molar-refractivity contribution in [1.82, 2.24) is 0 Å². The molecule has 3 rings (SSSR count). The summed E-state index contributed by atoms with van der Waals surface area (Å²) < 4.78 is 47.1. The van der Waals surface area contributed by atoms with E-state index in [1.165, 1.54) is 36.4 Å². The van der Waals surface area contributed by atoms with Crippen LogP contribution in [0.25, 0.3) is 0 Å². The van der Waals surface area contributed by atoms with Crippen molar-refractivity contribution in [3.8, 4) is 0 Å². The van der Waals surface area contributed by atoms with Gasteiger partial charge in [-0.25, -0.2) is 17.6 Å². The lowest BCUT2D eigenvalue weighted by Gasteiger charge is -2.10. The van der Waals surface area contributed by atoms with Crippen LogP contribution in [0.3, 0.4) is 0 Å². The first-order chi connectivity index (χ1) is 14.3. The Hall–Kier alpha value is -2.79. The van der Waals surface area contributed by atoms with Crippen molar-refractivity contribution < 1.29 is 27.1 Å². The number of hydrogen-bond donors (Lipinski definition) is 1. The molecule has 0 amide bonds. The van der Waals surface area contributed by atoms with E-state index < -0.39 is 34.2 Å². The van der Waals surface area contributed by atoms with Crippen LogP contribution in [-0.4, -0.2) is 26.8 Å². The van der Waals surface area contributed by atoms with E-state index in [1.54, 1.807) is 24.3 Å². The summed E-state index contributed by atoms with van der Waals surface area (Å²) in [5.74, 6) is -2.31. The molecule has 30 heavy (non-hydrogen) atoms. The van der Waals surface area contributed by atoms with E-state index in [-0.39, 0.29) is 16.0 Å². The number of benzene rings is 3. The second-order valence-corrected chi connectivity index (χ2v) is 9.05. The molecular weight excluding hydrogens is 524 g/mol. The molecule has 0 spiro atoms. The normalized spacial score (nSPS) is 11.0. The number of ether oxygens (including phenoxy) is 1. The number of Topliss-reactive ketones (excluding diaryl/α,β-unsaturated/α-hetero) is 1. The van der Waals surface area contributed by atoms with Gasteiger partial charge in [-0.15, -0.1) is 0 Å². The molecule has 0 unspecified atom stereocenters. The summed E-state index contributed by atoms with van der Waals surface area (Å²) in [7, 11) is -3.94. The van der Waals surface area contributed by atoms with Gasteiger partial charge in [0.05, 0.1) is 16.0 Å². The third-order valence-electron chi connectivity index (χ3n) is 3.99. The van der Waals surface area contributed by atoms with E-state index in [9.17, 15) is 22.4 Å². The Balaban J connectivity index is 1.71. The molecule has 0 saturated heterocycles. The van der Waals surface area contributed by atoms with Crippen LogP contribution in [0.4, 0.5) is 10.1 Å². The molecule has 0 fully saturated rings. The number of ketones is 1. The van der Waals surface area contributed by atoms with Gasteiger partial charge in [-0.2, -0.15) is 0 Å². The first kappa shape index (κ1) is 21.9. The lowest BCUT2D eigenvalue weighted by molar-refractivity contribution is 0.0473. The SMILES string of the molecule is O=C(OCC(=O)c1ccccc1F)c1cccc(S(=O)(=O)Nc2ccc(I)cc2)c1. The van der Waals surface area contributed by atoms with Crippen LogP contribution in [-0.2, 0) is 14.8 Å². The Morgan fingerprint density at radius 2 is 1.67 bits per heavy atom. The first-order valence-electron chi connectivity index (χ1n) is 8.59. The minimum atomic E-state index is -3.94. The fourth-order valence-electron chi connectivity index (χ4n) is 2.50.